The number of likely N-dealkylation sites (N-methyl/N-ethyl adjacent to an activating group) is 1. The Hall–Kier alpha value is -3.34. The van der Waals surface area contributed by atoms with E-state index in [1.807, 2.05) is 24.3 Å². The molecule has 5 rings (SSSR count). The number of hydrogen-bond donors (Lipinski definition) is 1. The van der Waals surface area contributed by atoms with Crippen LogP contribution in [0.2, 0.25) is 0 Å². The number of aromatic amines is 1. The van der Waals surface area contributed by atoms with E-state index in [2.05, 4.69) is 14.5 Å². The van der Waals surface area contributed by atoms with E-state index in [0.29, 0.717) is 17.7 Å². The number of halogens is 4. The van der Waals surface area contributed by atoms with Gasteiger partial charge in [0.2, 0.25) is 0 Å². The number of alkyl halides is 4. The van der Waals surface area contributed by atoms with E-state index >= 15 is 0 Å². The quantitative estimate of drug-likeness (QED) is 0.433. The summed E-state index contributed by atoms with van der Waals surface area (Å²) in [5.74, 6) is -0.893. The third-order valence-corrected chi connectivity index (χ3v) is 6.41. The number of hydrogen-bond acceptors (Lipinski definition) is 4. The lowest BCUT2D eigenvalue weighted by molar-refractivity contribution is -0.127. The molecular formula is C22H17F4N3O3S. The van der Waals surface area contributed by atoms with Gasteiger partial charge >= 0.3 is 13.2 Å². The largest absolute Gasteiger partial charge is 0.435 e. The summed E-state index contributed by atoms with van der Waals surface area (Å²) in [7, 11) is 1.56. The minimum absolute atomic E-state index is 0.204. The Labute approximate surface area is 190 Å². The minimum Gasteiger partial charge on any atom is -0.435 e. The molecule has 2 atom stereocenters. The number of fused-ring (bicyclic) bond motifs is 4. The maximum absolute atomic E-state index is 13.0. The predicted molar refractivity (Wildman–Crippen MR) is 115 cm³/mol. The second-order valence-corrected chi connectivity index (χ2v) is 8.13. The number of aromatic nitrogens is 1. The summed E-state index contributed by atoms with van der Waals surface area (Å²) in [4.78, 5) is 19.4. The molecular weight excluding hydrogens is 462 g/mol. The maximum Gasteiger partial charge on any atom is 0.387 e. The Kier molecular flexibility index (Phi) is 5.15. The average molecular weight is 479 g/mol. The third kappa shape index (κ3) is 3.56. The van der Waals surface area contributed by atoms with Crippen molar-refractivity contribution in [1.82, 2.24) is 14.8 Å². The number of para-hydroxylation sites is 1. The zero-order valence-corrected chi connectivity index (χ0v) is 17.9. The predicted octanol–water partition coefficient (Wildman–Crippen LogP) is 4.44. The number of rotatable bonds is 5. The summed E-state index contributed by atoms with van der Waals surface area (Å²) >= 11 is 5.52. The Morgan fingerprint density at radius 2 is 1.70 bits per heavy atom. The molecule has 0 radical (unpaired) electrons. The van der Waals surface area contributed by atoms with Crippen LogP contribution in [0.3, 0.4) is 0 Å². The van der Waals surface area contributed by atoms with Crippen LogP contribution in [0.15, 0.2) is 42.5 Å². The second-order valence-electron chi connectivity index (χ2n) is 7.77. The normalized spacial score (nSPS) is 20.1. The fourth-order valence-corrected chi connectivity index (χ4v) is 4.97. The van der Waals surface area contributed by atoms with E-state index in [1.165, 1.54) is 17.0 Å². The number of ether oxygens (including phenoxy) is 2. The van der Waals surface area contributed by atoms with Crippen molar-refractivity contribution in [2.75, 3.05) is 7.05 Å². The smallest absolute Gasteiger partial charge is 0.387 e. The lowest BCUT2D eigenvalue weighted by Gasteiger charge is -2.37. The molecule has 0 spiro atoms. The Bertz CT molecular complexity index is 1240. The van der Waals surface area contributed by atoms with Gasteiger partial charge in [0.1, 0.15) is 17.5 Å². The van der Waals surface area contributed by atoms with Gasteiger partial charge in [-0.05, 0) is 41.5 Å². The molecule has 3 aromatic rings. The van der Waals surface area contributed by atoms with Crippen LogP contribution < -0.4 is 9.47 Å². The van der Waals surface area contributed by atoms with Crippen LogP contribution >= 0.6 is 12.2 Å². The first-order valence-electron chi connectivity index (χ1n) is 9.98. The lowest BCUT2D eigenvalue weighted by Crippen LogP contribution is -2.44. The molecule has 1 fully saturated rings. The van der Waals surface area contributed by atoms with E-state index < -0.39 is 25.3 Å². The highest BCUT2D eigenvalue weighted by atomic mass is 32.1. The van der Waals surface area contributed by atoms with Crippen LogP contribution in [0.4, 0.5) is 17.6 Å². The average Bonchev–Trinajstić information content (AvgIpc) is 3.22. The van der Waals surface area contributed by atoms with Crippen LogP contribution in [-0.4, -0.2) is 52.1 Å². The van der Waals surface area contributed by atoms with Crippen molar-refractivity contribution < 1.29 is 31.8 Å². The summed E-state index contributed by atoms with van der Waals surface area (Å²) in [6.07, 6.45) is 0.382. The van der Waals surface area contributed by atoms with Crippen LogP contribution in [-0.2, 0) is 11.2 Å². The number of H-pyrrole nitrogens is 1. The summed E-state index contributed by atoms with van der Waals surface area (Å²) in [6.45, 7) is -6.33. The molecule has 11 heteroatoms. The van der Waals surface area contributed by atoms with E-state index in [9.17, 15) is 22.4 Å². The van der Waals surface area contributed by atoms with Crippen molar-refractivity contribution in [3.63, 3.8) is 0 Å². The molecule has 1 amide bonds. The van der Waals surface area contributed by atoms with Crippen molar-refractivity contribution in [3.05, 3.63) is 59.3 Å². The van der Waals surface area contributed by atoms with Gasteiger partial charge in [-0.2, -0.15) is 17.6 Å². The molecule has 0 saturated carbocycles. The van der Waals surface area contributed by atoms with E-state index in [1.54, 1.807) is 11.9 Å². The van der Waals surface area contributed by atoms with E-state index in [0.717, 1.165) is 22.5 Å². The summed E-state index contributed by atoms with van der Waals surface area (Å²) in [5, 5.41) is 1.16. The SMILES string of the molecule is CN1C(=O)C2Cc3c([nH]c4ccccc34)C(c3cc(OC(F)F)cc(OC(F)F)c3)N2C1=S. The Morgan fingerprint density at radius 1 is 1.06 bits per heavy atom. The topological polar surface area (TPSA) is 57.8 Å². The molecule has 2 aromatic carbocycles. The van der Waals surface area contributed by atoms with E-state index in [-0.39, 0.29) is 22.5 Å². The van der Waals surface area contributed by atoms with Gasteiger partial charge < -0.3 is 19.4 Å². The van der Waals surface area contributed by atoms with Crippen molar-refractivity contribution in [2.45, 2.75) is 31.7 Å². The van der Waals surface area contributed by atoms with Crippen molar-refractivity contribution in [2.24, 2.45) is 0 Å². The molecule has 0 aliphatic carbocycles. The standard InChI is InChI=1S/C22H17F4N3O3S/c1-28-19(30)16-9-14-13-4-2-3-5-15(13)27-17(14)18(29(16)22(28)33)10-6-11(31-20(23)24)8-12(7-10)32-21(25)26/h2-8,16,18,20-21,27H,9H2,1H3. The van der Waals surface area contributed by atoms with Gasteiger partial charge in [0.25, 0.3) is 5.91 Å². The minimum atomic E-state index is -3.16. The summed E-state index contributed by atoms with van der Waals surface area (Å²) in [6, 6.07) is 9.76. The number of nitrogens with one attached hydrogen (secondary N) is 1. The highest BCUT2D eigenvalue weighted by Crippen LogP contribution is 2.45. The lowest BCUT2D eigenvalue weighted by atomic mass is 9.88. The summed E-state index contributed by atoms with van der Waals surface area (Å²) in [5.41, 5.74) is 2.70. The molecule has 1 saturated heterocycles. The molecule has 1 N–H and O–H groups in total. The molecule has 33 heavy (non-hydrogen) atoms. The summed E-state index contributed by atoms with van der Waals surface area (Å²) < 4.78 is 60.8. The second kappa shape index (κ2) is 7.91. The van der Waals surface area contributed by atoms with Gasteiger partial charge in [0, 0.05) is 36.1 Å². The first kappa shape index (κ1) is 21.5. The highest BCUT2D eigenvalue weighted by Gasteiger charge is 2.49. The number of nitrogens with zero attached hydrogens (tertiary/aromatic N) is 2. The number of carbonyl (C=O) groups excluding carboxylic acids is 1. The van der Waals surface area contributed by atoms with Crippen molar-refractivity contribution in [3.8, 4) is 11.5 Å². The molecule has 0 bridgehead atoms. The zero-order valence-electron chi connectivity index (χ0n) is 17.1. The maximum atomic E-state index is 13.0. The van der Waals surface area contributed by atoms with E-state index in [4.69, 9.17) is 12.2 Å². The number of benzene rings is 2. The molecule has 2 aliphatic heterocycles. The molecule has 1 aromatic heterocycles. The molecule has 172 valence electrons. The van der Waals surface area contributed by atoms with Gasteiger partial charge in [-0.1, -0.05) is 18.2 Å². The fourth-order valence-electron chi connectivity index (χ4n) is 4.65. The van der Waals surface area contributed by atoms with Crippen LogP contribution in [0.1, 0.15) is 22.9 Å². The highest BCUT2D eigenvalue weighted by molar-refractivity contribution is 7.80. The zero-order chi connectivity index (χ0) is 23.4. The van der Waals surface area contributed by atoms with Crippen LogP contribution in [0, 0.1) is 0 Å². The number of thiocarbonyl (C=S) groups is 1. The van der Waals surface area contributed by atoms with Gasteiger partial charge in [-0.25, -0.2) is 0 Å². The molecule has 2 aliphatic rings. The number of carbonyl (C=O) groups is 1. The molecule has 3 heterocycles. The first-order valence-corrected chi connectivity index (χ1v) is 10.4. The van der Waals surface area contributed by atoms with Crippen molar-refractivity contribution in [1.29, 1.82) is 0 Å². The van der Waals surface area contributed by atoms with Crippen LogP contribution in [0.25, 0.3) is 10.9 Å². The van der Waals surface area contributed by atoms with Gasteiger partial charge in [-0.3, -0.25) is 9.69 Å². The van der Waals surface area contributed by atoms with Crippen molar-refractivity contribution >= 4 is 34.1 Å². The van der Waals surface area contributed by atoms with Crippen LogP contribution in [0.5, 0.6) is 11.5 Å². The van der Waals surface area contributed by atoms with Gasteiger partial charge in [-0.15, -0.1) is 0 Å². The molecule has 2 unspecified atom stereocenters. The fraction of sp³-hybridized carbons (Fsp3) is 0.273. The molecule has 6 nitrogen and oxygen atoms in total. The van der Waals surface area contributed by atoms with Gasteiger partial charge in [0.05, 0.1) is 6.04 Å². The van der Waals surface area contributed by atoms with Gasteiger partial charge in [0.15, 0.2) is 5.11 Å². The third-order valence-electron chi connectivity index (χ3n) is 5.92. The Morgan fingerprint density at radius 3 is 2.33 bits per heavy atom. The monoisotopic (exact) mass is 479 g/mol. The first-order chi connectivity index (χ1) is 15.7. The number of amides is 1. The Balaban J connectivity index is 1.73.